The second kappa shape index (κ2) is 6.55. The van der Waals surface area contributed by atoms with Crippen molar-refractivity contribution >= 4 is 27.7 Å². The summed E-state index contributed by atoms with van der Waals surface area (Å²) in [5.41, 5.74) is 2.38. The largest absolute Gasteiger partial charge is 0.462 e. The molecular weight excluding hydrogens is 284 g/mol. The summed E-state index contributed by atoms with van der Waals surface area (Å²) in [5.74, 6) is -0.255. The highest BCUT2D eigenvalue weighted by Crippen LogP contribution is 2.13. The molecule has 92 valence electrons. The zero-order valence-corrected chi connectivity index (χ0v) is 11.5. The molecule has 0 aliphatic rings. The van der Waals surface area contributed by atoms with E-state index in [2.05, 4.69) is 15.9 Å². The zero-order chi connectivity index (χ0) is 12.8. The molecule has 1 aromatic carbocycles. The van der Waals surface area contributed by atoms with Gasteiger partial charge < -0.3 is 4.74 Å². The van der Waals surface area contributed by atoms with Crippen LogP contribution in [0.1, 0.15) is 28.4 Å². The van der Waals surface area contributed by atoms with Crippen molar-refractivity contribution in [2.75, 3.05) is 11.9 Å². The predicted octanol–water partition coefficient (Wildman–Crippen LogP) is 2.68. The third kappa shape index (κ3) is 3.97. The van der Waals surface area contributed by atoms with Crippen molar-refractivity contribution in [3.05, 3.63) is 34.9 Å². The number of halogens is 1. The summed E-state index contributed by atoms with van der Waals surface area (Å²) >= 11 is 3.13. The van der Waals surface area contributed by atoms with Crippen molar-refractivity contribution < 1.29 is 14.3 Å². The van der Waals surface area contributed by atoms with Crippen LogP contribution >= 0.6 is 15.9 Å². The number of benzene rings is 1. The fourth-order valence-electron chi connectivity index (χ4n) is 1.46. The minimum absolute atomic E-state index is 0.0918. The number of aryl methyl sites for hydroxylation is 1. The van der Waals surface area contributed by atoms with Crippen LogP contribution in [-0.2, 0) is 16.0 Å². The fourth-order valence-corrected chi connectivity index (χ4v) is 1.66. The van der Waals surface area contributed by atoms with Crippen molar-refractivity contribution in [1.82, 2.24) is 0 Å². The van der Waals surface area contributed by atoms with Crippen LogP contribution in [0.25, 0.3) is 0 Å². The lowest BCUT2D eigenvalue weighted by Crippen LogP contribution is -2.09. The summed E-state index contributed by atoms with van der Waals surface area (Å²) in [6.45, 7) is 4.04. The number of Topliss-reactive ketones (excluding diaryl/α,β-unsaturated/α-hetero) is 1. The smallest absolute Gasteiger partial charge is 0.338 e. The van der Waals surface area contributed by atoms with E-state index in [1.54, 1.807) is 19.1 Å². The first-order valence-electron chi connectivity index (χ1n) is 5.42. The van der Waals surface area contributed by atoms with Crippen LogP contribution in [0, 0.1) is 6.92 Å². The number of carbonyl (C=O) groups is 2. The molecule has 1 aromatic rings. The van der Waals surface area contributed by atoms with Gasteiger partial charge in [-0.05, 0) is 37.1 Å². The first-order valence-corrected chi connectivity index (χ1v) is 6.55. The van der Waals surface area contributed by atoms with Gasteiger partial charge in [0.05, 0.1) is 17.5 Å². The van der Waals surface area contributed by atoms with Gasteiger partial charge >= 0.3 is 5.97 Å². The maximum atomic E-state index is 11.5. The van der Waals surface area contributed by atoms with Crippen molar-refractivity contribution in [3.8, 4) is 0 Å². The summed E-state index contributed by atoms with van der Waals surface area (Å²) in [5, 5.41) is 0.329. The second-order valence-electron chi connectivity index (χ2n) is 3.71. The van der Waals surface area contributed by atoms with Gasteiger partial charge in [-0.2, -0.15) is 0 Å². The van der Waals surface area contributed by atoms with E-state index in [0.29, 0.717) is 23.9 Å². The van der Waals surface area contributed by atoms with Gasteiger partial charge in [0, 0.05) is 6.42 Å². The highest BCUT2D eigenvalue weighted by Gasteiger charge is 2.10. The van der Waals surface area contributed by atoms with Gasteiger partial charge in [-0.15, -0.1) is 0 Å². The third-order valence-corrected chi connectivity index (χ3v) is 3.02. The molecule has 0 unspecified atom stereocenters. The van der Waals surface area contributed by atoms with Crippen LogP contribution in [0.5, 0.6) is 0 Å². The molecule has 0 atom stereocenters. The highest BCUT2D eigenvalue weighted by molar-refractivity contribution is 9.09. The molecule has 0 N–H and O–H groups in total. The van der Waals surface area contributed by atoms with E-state index in [1.165, 1.54) is 0 Å². The molecule has 1 rings (SSSR count). The summed E-state index contributed by atoms with van der Waals surface area (Å²) < 4.78 is 4.92. The van der Waals surface area contributed by atoms with Gasteiger partial charge in [-0.3, -0.25) is 4.79 Å². The Bertz CT molecular complexity index is 427. The average molecular weight is 299 g/mol. The van der Waals surface area contributed by atoms with Crippen molar-refractivity contribution in [2.45, 2.75) is 20.3 Å². The predicted molar refractivity (Wildman–Crippen MR) is 69.6 cm³/mol. The first kappa shape index (κ1) is 13.9. The molecule has 0 spiro atoms. The van der Waals surface area contributed by atoms with Crippen molar-refractivity contribution in [2.24, 2.45) is 0 Å². The number of ether oxygens (including phenoxy) is 1. The zero-order valence-electron chi connectivity index (χ0n) is 9.96. The van der Waals surface area contributed by atoms with Gasteiger partial charge in [0.2, 0.25) is 0 Å². The lowest BCUT2D eigenvalue weighted by Gasteiger charge is -2.07. The van der Waals surface area contributed by atoms with Gasteiger partial charge in [-0.25, -0.2) is 4.79 Å². The molecule has 0 aromatic heterocycles. The molecule has 0 heterocycles. The molecule has 0 saturated heterocycles. The van der Waals surface area contributed by atoms with E-state index in [4.69, 9.17) is 4.74 Å². The monoisotopic (exact) mass is 298 g/mol. The molecule has 0 aliphatic carbocycles. The van der Waals surface area contributed by atoms with Crippen LogP contribution in [0.15, 0.2) is 18.2 Å². The lowest BCUT2D eigenvalue weighted by molar-refractivity contribution is -0.115. The summed E-state index contributed by atoms with van der Waals surface area (Å²) in [6.07, 6.45) is 0.338. The van der Waals surface area contributed by atoms with Gasteiger partial charge in [-0.1, -0.05) is 22.0 Å². The van der Waals surface area contributed by atoms with Crippen LogP contribution in [0.3, 0.4) is 0 Å². The number of carbonyl (C=O) groups excluding carboxylic acids is 2. The van der Waals surface area contributed by atoms with E-state index in [1.807, 2.05) is 13.0 Å². The number of ketones is 1. The Morgan fingerprint density at radius 3 is 2.65 bits per heavy atom. The van der Waals surface area contributed by atoms with E-state index in [9.17, 15) is 9.59 Å². The number of hydrogen-bond donors (Lipinski definition) is 0. The summed E-state index contributed by atoms with van der Waals surface area (Å²) in [6, 6.07) is 5.28. The standard InChI is InChI=1S/C13H15BrO3/c1-3-17-13(16)10-5-4-9(2)11(6-10)7-12(15)8-14/h4-6H,3,7-8H2,1-2H3. The normalized spacial score (nSPS) is 10.1. The molecule has 0 amide bonds. The average Bonchev–Trinajstić information content (AvgIpc) is 2.32. The number of hydrogen-bond acceptors (Lipinski definition) is 3. The molecule has 0 aliphatic heterocycles. The maximum Gasteiger partial charge on any atom is 0.338 e. The Kier molecular flexibility index (Phi) is 5.35. The fraction of sp³-hybridized carbons (Fsp3) is 0.385. The summed E-state index contributed by atoms with van der Waals surface area (Å²) in [7, 11) is 0. The quantitative estimate of drug-likeness (QED) is 0.620. The van der Waals surface area contributed by atoms with E-state index < -0.39 is 0 Å². The van der Waals surface area contributed by atoms with Crippen LogP contribution in [0.4, 0.5) is 0 Å². The lowest BCUT2D eigenvalue weighted by atomic mass is 10.0. The Balaban J connectivity index is 2.93. The SMILES string of the molecule is CCOC(=O)c1ccc(C)c(CC(=O)CBr)c1. The number of rotatable bonds is 5. The number of esters is 1. The molecular formula is C13H15BrO3. The van der Waals surface area contributed by atoms with Crippen molar-refractivity contribution in [3.63, 3.8) is 0 Å². The number of alkyl halides is 1. The van der Waals surface area contributed by atoms with Gasteiger partial charge in [0.15, 0.2) is 0 Å². The highest BCUT2D eigenvalue weighted by atomic mass is 79.9. The van der Waals surface area contributed by atoms with Crippen LogP contribution in [-0.4, -0.2) is 23.7 Å². The third-order valence-electron chi connectivity index (χ3n) is 2.40. The van der Waals surface area contributed by atoms with E-state index in [0.717, 1.165) is 11.1 Å². The Morgan fingerprint density at radius 2 is 2.06 bits per heavy atom. The van der Waals surface area contributed by atoms with Gasteiger partial charge in [0.25, 0.3) is 0 Å². The van der Waals surface area contributed by atoms with Crippen LogP contribution < -0.4 is 0 Å². The molecule has 0 saturated carbocycles. The maximum absolute atomic E-state index is 11.5. The molecule has 0 bridgehead atoms. The van der Waals surface area contributed by atoms with Gasteiger partial charge in [0.1, 0.15) is 5.78 Å². The second-order valence-corrected chi connectivity index (χ2v) is 4.27. The molecule has 17 heavy (non-hydrogen) atoms. The Hall–Kier alpha value is -1.16. The van der Waals surface area contributed by atoms with Crippen LogP contribution in [0.2, 0.25) is 0 Å². The Labute approximate surface area is 109 Å². The van der Waals surface area contributed by atoms with Crippen molar-refractivity contribution in [1.29, 1.82) is 0 Å². The topological polar surface area (TPSA) is 43.4 Å². The molecule has 3 nitrogen and oxygen atoms in total. The minimum Gasteiger partial charge on any atom is -0.462 e. The van der Waals surface area contributed by atoms with E-state index >= 15 is 0 Å². The molecule has 0 fully saturated rings. The minimum atomic E-state index is -0.347. The Morgan fingerprint density at radius 1 is 1.35 bits per heavy atom. The summed E-state index contributed by atoms with van der Waals surface area (Å²) in [4.78, 5) is 22.9. The molecule has 0 radical (unpaired) electrons. The molecule has 4 heteroatoms. The first-order chi connectivity index (χ1) is 8.08. The van der Waals surface area contributed by atoms with E-state index in [-0.39, 0.29) is 11.8 Å².